The number of halogens is 2. The standard InChI is InChI=1S/C27H23ClFN3O2/c28-21-14-19(29)9-10-20(21)26(17-2-1-3-17)27(23-12-11-22-24(31-23)15-30-32-22)18-7-4-16(5-8-18)6-13-25(33)34/h4-14,17,30,32H,1-3,15H2,(H,33,34)/b13-6+,27-26+. The lowest BCUT2D eigenvalue weighted by molar-refractivity contribution is -0.131. The lowest BCUT2D eigenvalue weighted by atomic mass is 9.73. The molecule has 0 spiro atoms. The zero-order chi connectivity index (χ0) is 23.7. The molecule has 3 N–H and O–H groups in total. The van der Waals surface area contributed by atoms with E-state index in [4.69, 9.17) is 21.7 Å². The maximum absolute atomic E-state index is 13.9. The van der Waals surface area contributed by atoms with E-state index >= 15 is 0 Å². The first-order valence-corrected chi connectivity index (χ1v) is 11.6. The molecule has 34 heavy (non-hydrogen) atoms. The lowest BCUT2D eigenvalue weighted by Crippen LogP contribution is -2.16. The number of hydrazine groups is 1. The van der Waals surface area contributed by atoms with Crippen molar-refractivity contribution < 1.29 is 14.3 Å². The van der Waals surface area contributed by atoms with Gasteiger partial charge in [0.1, 0.15) is 5.82 Å². The normalized spacial score (nSPS) is 16.1. The van der Waals surface area contributed by atoms with Crippen LogP contribution >= 0.6 is 11.6 Å². The molecule has 1 aliphatic heterocycles. The molecule has 7 heteroatoms. The summed E-state index contributed by atoms with van der Waals surface area (Å²) in [6.07, 6.45) is 5.86. The second-order valence-corrected chi connectivity index (χ2v) is 8.91. The molecule has 172 valence electrons. The molecule has 1 aliphatic carbocycles. The van der Waals surface area contributed by atoms with E-state index in [1.807, 2.05) is 36.4 Å². The smallest absolute Gasteiger partial charge is 0.328 e. The van der Waals surface area contributed by atoms with E-state index in [-0.39, 0.29) is 11.7 Å². The number of anilines is 1. The number of nitrogens with zero attached hydrogens (tertiary/aromatic N) is 1. The predicted molar refractivity (Wildman–Crippen MR) is 132 cm³/mol. The van der Waals surface area contributed by atoms with Gasteiger partial charge in [0.2, 0.25) is 0 Å². The Hall–Kier alpha value is -3.48. The van der Waals surface area contributed by atoms with Gasteiger partial charge in [-0.25, -0.2) is 19.6 Å². The third kappa shape index (κ3) is 4.47. The first kappa shape index (κ1) is 22.3. The minimum absolute atomic E-state index is 0.288. The van der Waals surface area contributed by atoms with Gasteiger partial charge in [0, 0.05) is 11.6 Å². The van der Waals surface area contributed by atoms with E-state index in [1.165, 1.54) is 12.1 Å². The van der Waals surface area contributed by atoms with Crippen molar-refractivity contribution in [2.24, 2.45) is 5.92 Å². The maximum Gasteiger partial charge on any atom is 0.328 e. The zero-order valence-electron chi connectivity index (χ0n) is 18.3. The minimum Gasteiger partial charge on any atom is -0.478 e. The molecule has 5 nitrogen and oxygen atoms in total. The number of allylic oxidation sites excluding steroid dienone is 1. The first-order chi connectivity index (χ1) is 16.5. The average molecular weight is 476 g/mol. The Morgan fingerprint density at radius 1 is 1.12 bits per heavy atom. The van der Waals surface area contributed by atoms with Gasteiger partial charge < -0.3 is 10.5 Å². The number of nitrogens with one attached hydrogen (secondary N) is 2. The molecule has 0 saturated heterocycles. The van der Waals surface area contributed by atoms with Gasteiger partial charge in [0.25, 0.3) is 0 Å². The largest absolute Gasteiger partial charge is 0.478 e. The fourth-order valence-electron chi connectivity index (χ4n) is 4.45. The number of aromatic nitrogens is 1. The third-order valence-electron chi connectivity index (χ3n) is 6.33. The molecule has 5 rings (SSSR count). The Labute approximate surface area is 202 Å². The molecule has 0 bridgehead atoms. The summed E-state index contributed by atoms with van der Waals surface area (Å²) in [7, 11) is 0. The highest BCUT2D eigenvalue weighted by Crippen LogP contribution is 2.46. The zero-order valence-corrected chi connectivity index (χ0v) is 19.1. The molecule has 2 aliphatic rings. The Morgan fingerprint density at radius 2 is 1.91 bits per heavy atom. The molecule has 0 radical (unpaired) electrons. The van der Waals surface area contributed by atoms with Crippen LogP contribution in [0, 0.1) is 11.7 Å². The second-order valence-electron chi connectivity index (χ2n) is 8.50. The minimum atomic E-state index is -0.993. The number of aliphatic carboxylic acids is 1. The Morgan fingerprint density at radius 3 is 2.59 bits per heavy atom. The summed E-state index contributed by atoms with van der Waals surface area (Å²) in [6, 6.07) is 16.3. The number of benzene rings is 2. The number of carboxylic acid groups (broad SMARTS) is 1. The highest BCUT2D eigenvalue weighted by Gasteiger charge is 2.29. The van der Waals surface area contributed by atoms with Gasteiger partial charge in [0.15, 0.2) is 0 Å². The first-order valence-electron chi connectivity index (χ1n) is 11.2. The van der Waals surface area contributed by atoms with Crippen LogP contribution in [0.5, 0.6) is 0 Å². The Bertz CT molecular complexity index is 1310. The topological polar surface area (TPSA) is 74.2 Å². The van der Waals surface area contributed by atoms with Gasteiger partial charge in [-0.05, 0) is 71.4 Å². The number of carboxylic acids is 1. The molecule has 2 heterocycles. The van der Waals surface area contributed by atoms with Crippen LogP contribution in [-0.2, 0) is 11.3 Å². The third-order valence-corrected chi connectivity index (χ3v) is 6.64. The van der Waals surface area contributed by atoms with Crippen molar-refractivity contribution in [3.8, 4) is 0 Å². The molecule has 1 fully saturated rings. The van der Waals surface area contributed by atoms with Crippen molar-refractivity contribution in [3.63, 3.8) is 0 Å². The van der Waals surface area contributed by atoms with Crippen LogP contribution in [0.15, 0.2) is 60.7 Å². The van der Waals surface area contributed by atoms with E-state index in [0.29, 0.717) is 11.6 Å². The molecule has 3 aromatic rings. The molecule has 0 atom stereocenters. The SMILES string of the molecule is O=C(O)/C=C/c1ccc(/C(=C(\c2ccc(F)cc2Cl)C2CCC2)c2ccc3c(n2)CNN3)cc1. The van der Waals surface area contributed by atoms with E-state index in [1.54, 1.807) is 12.1 Å². The number of hydrogen-bond acceptors (Lipinski definition) is 4. The summed E-state index contributed by atoms with van der Waals surface area (Å²) in [5.74, 6) is -1.08. The van der Waals surface area contributed by atoms with E-state index in [2.05, 4.69) is 10.9 Å². The molecule has 1 aromatic heterocycles. The highest BCUT2D eigenvalue weighted by atomic mass is 35.5. The average Bonchev–Trinajstić information content (AvgIpc) is 3.25. The van der Waals surface area contributed by atoms with Crippen LogP contribution in [0.1, 0.15) is 47.3 Å². The molecular weight excluding hydrogens is 453 g/mol. The summed E-state index contributed by atoms with van der Waals surface area (Å²) in [4.78, 5) is 15.8. The van der Waals surface area contributed by atoms with Crippen molar-refractivity contribution in [3.05, 3.63) is 99.6 Å². The van der Waals surface area contributed by atoms with Crippen molar-refractivity contribution >= 4 is 40.5 Å². The quantitative estimate of drug-likeness (QED) is 0.294. The van der Waals surface area contributed by atoms with E-state index in [9.17, 15) is 9.18 Å². The van der Waals surface area contributed by atoms with Crippen LogP contribution in [0.3, 0.4) is 0 Å². The molecule has 2 aromatic carbocycles. The van der Waals surface area contributed by atoms with Crippen LogP contribution < -0.4 is 10.9 Å². The summed E-state index contributed by atoms with van der Waals surface area (Å²) in [6.45, 7) is 0.617. The van der Waals surface area contributed by atoms with Crippen LogP contribution in [0.4, 0.5) is 10.1 Å². The van der Waals surface area contributed by atoms with Crippen LogP contribution in [0.25, 0.3) is 17.2 Å². The Kier molecular flexibility index (Phi) is 6.18. The lowest BCUT2D eigenvalue weighted by Gasteiger charge is -2.32. The van der Waals surface area contributed by atoms with Gasteiger partial charge in [0.05, 0.1) is 28.6 Å². The van der Waals surface area contributed by atoms with E-state index < -0.39 is 5.97 Å². The maximum atomic E-state index is 13.9. The number of carbonyl (C=O) groups is 1. The fourth-order valence-corrected chi connectivity index (χ4v) is 4.71. The van der Waals surface area contributed by atoms with Crippen LogP contribution in [-0.4, -0.2) is 16.1 Å². The van der Waals surface area contributed by atoms with Crippen molar-refractivity contribution in [2.75, 3.05) is 5.43 Å². The second kappa shape index (κ2) is 9.41. The fraction of sp³-hybridized carbons (Fsp3) is 0.185. The van der Waals surface area contributed by atoms with Crippen molar-refractivity contribution in [1.82, 2.24) is 10.4 Å². The molecular formula is C27H23ClFN3O2. The molecule has 1 saturated carbocycles. The van der Waals surface area contributed by atoms with Crippen LogP contribution in [0.2, 0.25) is 5.02 Å². The highest BCUT2D eigenvalue weighted by molar-refractivity contribution is 6.32. The van der Waals surface area contributed by atoms with Gasteiger partial charge >= 0.3 is 5.97 Å². The summed E-state index contributed by atoms with van der Waals surface area (Å²) in [5.41, 5.74) is 13.5. The van der Waals surface area contributed by atoms with Crippen molar-refractivity contribution in [1.29, 1.82) is 0 Å². The molecule has 0 unspecified atom stereocenters. The number of fused-ring (bicyclic) bond motifs is 1. The summed E-state index contributed by atoms with van der Waals surface area (Å²) < 4.78 is 13.9. The summed E-state index contributed by atoms with van der Waals surface area (Å²) >= 11 is 6.58. The number of hydrogen-bond donors (Lipinski definition) is 3. The number of pyridine rings is 1. The van der Waals surface area contributed by atoms with Gasteiger partial charge in [-0.15, -0.1) is 0 Å². The predicted octanol–water partition coefficient (Wildman–Crippen LogP) is 6.16. The number of rotatable bonds is 6. The summed E-state index contributed by atoms with van der Waals surface area (Å²) in [5, 5.41) is 9.31. The monoisotopic (exact) mass is 475 g/mol. The molecule has 0 amide bonds. The van der Waals surface area contributed by atoms with Gasteiger partial charge in [-0.3, -0.25) is 0 Å². The van der Waals surface area contributed by atoms with Gasteiger partial charge in [-0.2, -0.15) is 0 Å². The van der Waals surface area contributed by atoms with E-state index in [0.717, 1.165) is 70.3 Å². The Balaban J connectivity index is 1.72. The van der Waals surface area contributed by atoms with Gasteiger partial charge in [-0.1, -0.05) is 48.4 Å². The van der Waals surface area contributed by atoms with Crippen molar-refractivity contribution in [2.45, 2.75) is 25.8 Å².